The molecule has 5 aromatic carbocycles. The van der Waals surface area contributed by atoms with E-state index in [2.05, 4.69) is 155 Å². The Morgan fingerprint density at radius 2 is 1.28 bits per heavy atom. The molecule has 6 heteroatoms. The van der Waals surface area contributed by atoms with Crippen molar-refractivity contribution in [1.29, 1.82) is 0 Å². The van der Waals surface area contributed by atoms with E-state index < -0.39 is 43.5 Å². The summed E-state index contributed by atoms with van der Waals surface area (Å²) in [5.74, 6) is 0. The SMILES string of the molecule is Cc1ccc2c(c1-c1cc([Si](C)(C)C)cc([Si](C)(C)C)c1)C=C(c1ccccc1)[CH]2[Zr]([Cl])([Cl])[c]1cccc2c1[SiH2]c1ccccc1-2. The van der Waals surface area contributed by atoms with Crippen molar-refractivity contribution in [3.8, 4) is 22.3 Å². The van der Waals surface area contributed by atoms with E-state index in [1.165, 1.54) is 74.1 Å². The summed E-state index contributed by atoms with van der Waals surface area (Å²) in [6.45, 7) is 17.1. The number of allylic oxidation sites excluding steroid dienone is 1. The van der Waals surface area contributed by atoms with Crippen molar-refractivity contribution >= 4 is 78.4 Å². The summed E-state index contributed by atoms with van der Waals surface area (Å²) >= 11 is -4.16. The third-order valence-corrected chi connectivity index (χ3v) is 28.3. The van der Waals surface area contributed by atoms with Crippen LogP contribution in [0.5, 0.6) is 0 Å². The first kappa shape index (κ1) is 32.5. The van der Waals surface area contributed by atoms with Crippen molar-refractivity contribution in [1.82, 2.24) is 0 Å². The van der Waals surface area contributed by atoms with Crippen LogP contribution in [0.15, 0.2) is 103 Å². The number of halogens is 2. The molecule has 7 rings (SSSR count). The van der Waals surface area contributed by atoms with Crippen LogP contribution in [0.2, 0.25) is 39.3 Å². The monoisotopic (exact) mass is 766 g/mol. The Morgan fingerprint density at radius 3 is 1.96 bits per heavy atom. The van der Waals surface area contributed by atoms with Crippen LogP contribution in [0.3, 0.4) is 0 Å². The van der Waals surface area contributed by atoms with E-state index in [4.69, 9.17) is 17.0 Å². The van der Waals surface area contributed by atoms with Crippen molar-refractivity contribution < 1.29 is 17.9 Å². The van der Waals surface area contributed by atoms with Gasteiger partial charge in [-0.05, 0) is 0 Å². The van der Waals surface area contributed by atoms with Gasteiger partial charge in [-0.3, -0.25) is 0 Å². The predicted molar refractivity (Wildman–Crippen MR) is 211 cm³/mol. The summed E-state index contributed by atoms with van der Waals surface area (Å²) < 4.78 is 1.27. The number of aryl methyl sites for hydroxylation is 1. The third-order valence-electron chi connectivity index (χ3n) is 10.0. The van der Waals surface area contributed by atoms with Crippen LogP contribution >= 0.6 is 17.0 Å². The van der Waals surface area contributed by atoms with Crippen LogP contribution in [0.1, 0.15) is 25.9 Å². The Kier molecular flexibility index (Phi) is 8.36. The molecular weight excluding hydrogens is 727 g/mol. The fourth-order valence-electron chi connectivity index (χ4n) is 7.48. The number of fused-ring (bicyclic) bond motifs is 4. The van der Waals surface area contributed by atoms with Gasteiger partial charge in [-0.15, -0.1) is 0 Å². The molecule has 1 heterocycles. The summed E-state index contributed by atoms with van der Waals surface area (Å²) in [6, 6.07) is 38.8. The minimum absolute atomic E-state index is 0.00442. The molecule has 1 atom stereocenters. The maximum absolute atomic E-state index is 8.04. The van der Waals surface area contributed by atoms with Crippen LogP contribution in [0.25, 0.3) is 33.9 Å². The standard InChI is InChI=1S/C28H33Si2.C12H9Si.2ClH.Zr/c1-20-13-14-22-15-23(21-11-9-8-10-12-21)18-27(22)28(20)24-16-25(29(2,3)4)19-26(17-24)30(5,6)7;1-3-7-11-9(5-1)10-6-2-4-8-12(10)13-11;;;/h8-19H,1-7H3;1-7H,13H2;2*1H;/q;;;;+2/p-2. The average molecular weight is 769 g/mol. The fourth-order valence-corrected chi connectivity index (χ4v) is 26.4. The second-order valence-electron chi connectivity index (χ2n) is 15.2. The molecule has 232 valence electrons. The molecule has 46 heavy (non-hydrogen) atoms. The molecule has 1 unspecified atom stereocenters. The normalized spacial score (nSPS) is 16.3. The molecule has 0 N–H and O–H groups in total. The molecule has 0 radical (unpaired) electrons. The molecule has 1 aliphatic heterocycles. The fraction of sp³-hybridized carbons (Fsp3) is 0.200. The maximum atomic E-state index is 8.04. The molecule has 0 nitrogen and oxygen atoms in total. The second-order valence-corrected chi connectivity index (χ2v) is 41.2. The molecule has 0 spiro atoms. The molecule has 5 aromatic rings. The summed E-state index contributed by atoms with van der Waals surface area (Å²) in [7, 11) is 12.3. The first-order valence-electron chi connectivity index (χ1n) is 16.4. The summed E-state index contributed by atoms with van der Waals surface area (Å²) in [6.07, 6.45) is 2.46. The van der Waals surface area contributed by atoms with E-state index in [0.717, 1.165) is 0 Å². The van der Waals surface area contributed by atoms with Gasteiger partial charge >= 0.3 is 294 Å². The van der Waals surface area contributed by atoms with Gasteiger partial charge in [-0.2, -0.15) is 0 Å². The number of benzene rings is 5. The number of hydrogen-bond donors (Lipinski definition) is 0. The van der Waals surface area contributed by atoms with Crippen molar-refractivity contribution in [2.75, 3.05) is 0 Å². The van der Waals surface area contributed by atoms with Gasteiger partial charge in [0, 0.05) is 0 Å². The van der Waals surface area contributed by atoms with E-state index >= 15 is 0 Å². The van der Waals surface area contributed by atoms with Gasteiger partial charge in [-0.1, -0.05) is 0 Å². The van der Waals surface area contributed by atoms with Crippen LogP contribution in [0, 0.1) is 6.92 Å². The van der Waals surface area contributed by atoms with Gasteiger partial charge in [-0.25, -0.2) is 0 Å². The molecule has 0 amide bonds. The molecule has 0 bridgehead atoms. The minimum atomic E-state index is -4.16. The van der Waals surface area contributed by atoms with E-state index in [-0.39, 0.29) is 3.63 Å². The Balaban J connectivity index is 1.46. The molecule has 2 aliphatic rings. The zero-order valence-electron chi connectivity index (χ0n) is 27.9. The van der Waals surface area contributed by atoms with E-state index in [1.54, 1.807) is 0 Å². The summed E-state index contributed by atoms with van der Waals surface area (Å²) in [5, 5.41) is 6.05. The molecule has 0 saturated carbocycles. The van der Waals surface area contributed by atoms with Crippen LogP contribution in [0.4, 0.5) is 0 Å². The average Bonchev–Trinajstić information content (AvgIpc) is 3.59. The predicted octanol–water partition coefficient (Wildman–Crippen LogP) is 8.23. The summed E-state index contributed by atoms with van der Waals surface area (Å²) in [5.41, 5.74) is 11.9. The van der Waals surface area contributed by atoms with Crippen LogP contribution in [-0.4, -0.2) is 25.7 Å². The van der Waals surface area contributed by atoms with E-state index in [0.29, 0.717) is 0 Å². The van der Waals surface area contributed by atoms with Crippen molar-refractivity contribution in [2.45, 2.75) is 49.8 Å². The molecular formula is C40H42Cl2Si3Zr. The zero-order valence-corrected chi connectivity index (χ0v) is 35.3. The Bertz CT molecular complexity index is 2000. The van der Waals surface area contributed by atoms with Crippen molar-refractivity contribution in [2.24, 2.45) is 0 Å². The van der Waals surface area contributed by atoms with Gasteiger partial charge < -0.3 is 0 Å². The van der Waals surface area contributed by atoms with Gasteiger partial charge in [0.05, 0.1) is 0 Å². The van der Waals surface area contributed by atoms with E-state index in [9.17, 15) is 0 Å². The van der Waals surface area contributed by atoms with Crippen LogP contribution in [-0.2, 0) is 17.9 Å². The quantitative estimate of drug-likeness (QED) is 0.150. The first-order chi connectivity index (χ1) is 21.7. The van der Waals surface area contributed by atoms with Gasteiger partial charge in [0.25, 0.3) is 0 Å². The van der Waals surface area contributed by atoms with Gasteiger partial charge in [0.2, 0.25) is 0 Å². The van der Waals surface area contributed by atoms with Crippen LogP contribution < -0.4 is 24.0 Å². The number of rotatable bonds is 6. The topological polar surface area (TPSA) is 0 Å². The molecule has 0 fully saturated rings. The Labute approximate surface area is 291 Å². The second kappa shape index (κ2) is 11.8. The van der Waals surface area contributed by atoms with Gasteiger partial charge in [0.1, 0.15) is 0 Å². The zero-order chi connectivity index (χ0) is 32.6. The van der Waals surface area contributed by atoms with E-state index in [1.807, 2.05) is 0 Å². The summed E-state index contributed by atoms with van der Waals surface area (Å²) in [4.78, 5) is 0. The molecule has 1 aliphatic carbocycles. The Morgan fingerprint density at radius 1 is 0.652 bits per heavy atom. The van der Waals surface area contributed by atoms with Crippen molar-refractivity contribution in [3.63, 3.8) is 0 Å². The molecule has 0 aromatic heterocycles. The van der Waals surface area contributed by atoms with Crippen molar-refractivity contribution in [3.05, 3.63) is 125 Å². The third kappa shape index (κ3) is 5.61. The first-order valence-corrected chi connectivity index (χ1v) is 33.8. The number of hydrogen-bond acceptors (Lipinski definition) is 0. The van der Waals surface area contributed by atoms with Gasteiger partial charge in [0.15, 0.2) is 0 Å². The Hall–Kier alpha value is -2.05. The molecule has 0 saturated heterocycles.